The normalized spacial score (nSPS) is 24.6. The maximum absolute atomic E-state index is 12.5. The number of aromatic amines is 1. The van der Waals surface area contributed by atoms with E-state index in [0.29, 0.717) is 11.4 Å². The molecule has 0 aromatic carbocycles. The number of rotatable bonds is 2. The van der Waals surface area contributed by atoms with Crippen molar-refractivity contribution in [2.75, 3.05) is 7.05 Å². The Morgan fingerprint density at radius 2 is 2.00 bits per heavy atom. The summed E-state index contributed by atoms with van der Waals surface area (Å²) < 4.78 is 0.929. The molecule has 0 aliphatic carbocycles. The van der Waals surface area contributed by atoms with Gasteiger partial charge in [0.25, 0.3) is 0 Å². The highest BCUT2D eigenvalue weighted by Gasteiger charge is 2.56. The lowest BCUT2D eigenvalue weighted by atomic mass is 9.92. The van der Waals surface area contributed by atoms with E-state index in [1.54, 1.807) is 12.3 Å². The summed E-state index contributed by atoms with van der Waals surface area (Å²) >= 11 is 0. The van der Waals surface area contributed by atoms with Crippen LogP contribution in [0.15, 0.2) is 18.3 Å². The third-order valence-corrected chi connectivity index (χ3v) is 4.18. The zero-order chi connectivity index (χ0) is 13.7. The van der Waals surface area contributed by atoms with E-state index in [2.05, 4.69) is 4.98 Å². The number of aromatic nitrogens is 1. The van der Waals surface area contributed by atoms with Gasteiger partial charge < -0.3 is 15.3 Å². The fourth-order valence-electron chi connectivity index (χ4n) is 2.64. The standard InChI is InChI=1S/C13H21N3O2/c1-12(2)11(10(17)9-7-6-8-14-9)16(18)13(3,4)15(12)5/h6-8,10,14,17H,1-5H3. The number of nitrogens with one attached hydrogen (secondary N) is 1. The number of hydrogen-bond donors (Lipinski definition) is 2. The van der Waals surface area contributed by atoms with E-state index in [1.807, 2.05) is 45.7 Å². The van der Waals surface area contributed by atoms with Crippen molar-refractivity contribution >= 4 is 5.71 Å². The Balaban J connectivity index is 2.51. The first-order valence-corrected chi connectivity index (χ1v) is 6.10. The van der Waals surface area contributed by atoms with Crippen LogP contribution in [-0.4, -0.2) is 43.7 Å². The Hall–Kier alpha value is -1.33. The molecule has 1 aliphatic heterocycles. The zero-order valence-corrected chi connectivity index (χ0v) is 11.6. The lowest BCUT2D eigenvalue weighted by Gasteiger charge is -2.32. The first kappa shape index (κ1) is 13.1. The molecule has 2 N–H and O–H groups in total. The fraction of sp³-hybridized carbons (Fsp3) is 0.615. The Morgan fingerprint density at radius 1 is 1.39 bits per heavy atom. The van der Waals surface area contributed by atoms with Crippen molar-refractivity contribution in [1.29, 1.82) is 0 Å². The van der Waals surface area contributed by atoms with Gasteiger partial charge in [-0.2, -0.15) is 4.74 Å². The minimum atomic E-state index is -0.906. The smallest absolute Gasteiger partial charge is 0.224 e. The van der Waals surface area contributed by atoms with Gasteiger partial charge in [0.05, 0.1) is 5.69 Å². The molecule has 1 aromatic rings. The first-order chi connectivity index (χ1) is 8.20. The van der Waals surface area contributed by atoms with Gasteiger partial charge in [0.15, 0.2) is 6.10 Å². The predicted octanol–water partition coefficient (Wildman–Crippen LogP) is 1.46. The third-order valence-electron chi connectivity index (χ3n) is 4.18. The highest BCUT2D eigenvalue weighted by atomic mass is 16.5. The number of hydroxylamine groups is 1. The summed E-state index contributed by atoms with van der Waals surface area (Å²) in [7, 11) is 1.90. The van der Waals surface area contributed by atoms with E-state index in [9.17, 15) is 10.3 Å². The van der Waals surface area contributed by atoms with Crippen molar-refractivity contribution in [3.05, 3.63) is 29.2 Å². The second-order valence-corrected chi connectivity index (χ2v) is 5.82. The quantitative estimate of drug-likeness (QED) is 0.618. The summed E-state index contributed by atoms with van der Waals surface area (Å²) in [5, 5.41) is 22.9. The Kier molecular flexibility index (Phi) is 2.79. The molecule has 0 amide bonds. The molecule has 1 atom stereocenters. The summed E-state index contributed by atoms with van der Waals surface area (Å²) in [5.74, 6) is 0. The van der Waals surface area contributed by atoms with Crippen LogP contribution in [0.3, 0.4) is 0 Å². The van der Waals surface area contributed by atoms with Crippen LogP contribution in [0.1, 0.15) is 39.5 Å². The minimum absolute atomic E-state index is 0.470. The van der Waals surface area contributed by atoms with Gasteiger partial charge in [0.2, 0.25) is 11.4 Å². The molecule has 0 saturated heterocycles. The number of H-pyrrole nitrogens is 1. The van der Waals surface area contributed by atoms with Crippen molar-refractivity contribution in [1.82, 2.24) is 9.88 Å². The molecule has 100 valence electrons. The maximum atomic E-state index is 12.5. The Bertz CT molecular complexity index is 474. The highest BCUT2D eigenvalue weighted by Crippen LogP contribution is 2.36. The van der Waals surface area contributed by atoms with Crippen molar-refractivity contribution in [3.63, 3.8) is 0 Å². The summed E-state index contributed by atoms with van der Waals surface area (Å²) in [6.45, 7) is 7.62. The minimum Gasteiger partial charge on any atom is -0.622 e. The molecule has 0 spiro atoms. The van der Waals surface area contributed by atoms with E-state index in [-0.39, 0.29) is 0 Å². The molecular formula is C13H21N3O2. The number of hydrogen-bond acceptors (Lipinski definition) is 3. The Labute approximate surface area is 107 Å². The first-order valence-electron chi connectivity index (χ1n) is 6.10. The molecule has 0 saturated carbocycles. The van der Waals surface area contributed by atoms with E-state index >= 15 is 0 Å². The molecule has 2 rings (SSSR count). The second kappa shape index (κ2) is 3.83. The predicted molar refractivity (Wildman–Crippen MR) is 70.3 cm³/mol. The number of aliphatic hydroxyl groups excluding tert-OH is 1. The monoisotopic (exact) mass is 251 g/mol. The summed E-state index contributed by atoms with van der Waals surface area (Å²) in [6, 6.07) is 3.60. The van der Waals surface area contributed by atoms with Gasteiger partial charge in [0, 0.05) is 20.0 Å². The molecule has 1 unspecified atom stereocenters. The van der Waals surface area contributed by atoms with E-state index < -0.39 is 17.3 Å². The van der Waals surface area contributed by atoms with E-state index in [0.717, 1.165) is 4.74 Å². The SMILES string of the molecule is CN1C(C)(C)C(C(O)c2ccc[nH]2)=[N+]([O-])C1(C)C. The summed E-state index contributed by atoms with van der Waals surface area (Å²) in [4.78, 5) is 4.94. The largest absolute Gasteiger partial charge is 0.622 e. The zero-order valence-electron chi connectivity index (χ0n) is 11.6. The van der Waals surface area contributed by atoms with E-state index in [4.69, 9.17) is 0 Å². The van der Waals surface area contributed by atoms with Gasteiger partial charge in [-0.3, -0.25) is 0 Å². The molecule has 1 aliphatic rings. The van der Waals surface area contributed by atoms with Crippen LogP contribution < -0.4 is 0 Å². The van der Waals surface area contributed by atoms with Crippen molar-refractivity contribution in [2.45, 2.75) is 45.0 Å². The van der Waals surface area contributed by atoms with Crippen LogP contribution in [0.25, 0.3) is 0 Å². The lowest BCUT2D eigenvalue weighted by Crippen LogP contribution is -2.51. The van der Waals surface area contributed by atoms with Crippen LogP contribution in [0.5, 0.6) is 0 Å². The van der Waals surface area contributed by atoms with Gasteiger partial charge in [-0.15, -0.1) is 0 Å². The molecule has 2 heterocycles. The van der Waals surface area contributed by atoms with Crippen molar-refractivity contribution < 1.29 is 9.85 Å². The number of aliphatic hydroxyl groups is 1. The molecule has 0 bridgehead atoms. The summed E-state index contributed by atoms with van der Waals surface area (Å²) in [6.07, 6.45) is 0.835. The van der Waals surface area contributed by atoms with Crippen LogP contribution in [0.4, 0.5) is 0 Å². The molecule has 0 fully saturated rings. The van der Waals surface area contributed by atoms with Crippen LogP contribution in [0, 0.1) is 5.21 Å². The molecule has 18 heavy (non-hydrogen) atoms. The lowest BCUT2D eigenvalue weighted by molar-refractivity contribution is -0.558. The van der Waals surface area contributed by atoms with Gasteiger partial charge >= 0.3 is 0 Å². The van der Waals surface area contributed by atoms with E-state index in [1.165, 1.54) is 0 Å². The van der Waals surface area contributed by atoms with Gasteiger partial charge in [-0.1, -0.05) is 0 Å². The average Bonchev–Trinajstić information content (AvgIpc) is 2.83. The third kappa shape index (κ3) is 1.58. The molecule has 0 radical (unpaired) electrons. The van der Waals surface area contributed by atoms with Gasteiger partial charge in [-0.05, 0) is 33.0 Å². The molecule has 5 nitrogen and oxygen atoms in total. The topological polar surface area (TPSA) is 65.3 Å². The molecule has 5 heteroatoms. The molecular weight excluding hydrogens is 230 g/mol. The maximum Gasteiger partial charge on any atom is 0.224 e. The molecule has 1 aromatic heterocycles. The van der Waals surface area contributed by atoms with Crippen molar-refractivity contribution in [3.8, 4) is 0 Å². The van der Waals surface area contributed by atoms with Crippen LogP contribution >= 0.6 is 0 Å². The van der Waals surface area contributed by atoms with Gasteiger partial charge in [0.1, 0.15) is 5.54 Å². The number of nitrogens with zero attached hydrogens (tertiary/aromatic N) is 2. The summed E-state index contributed by atoms with van der Waals surface area (Å²) in [5.41, 5.74) is -0.0372. The van der Waals surface area contributed by atoms with Crippen LogP contribution in [0.2, 0.25) is 0 Å². The highest BCUT2D eigenvalue weighted by molar-refractivity contribution is 5.94. The second-order valence-electron chi connectivity index (χ2n) is 5.82. The van der Waals surface area contributed by atoms with Crippen LogP contribution in [-0.2, 0) is 0 Å². The van der Waals surface area contributed by atoms with Gasteiger partial charge in [-0.25, -0.2) is 4.90 Å². The Morgan fingerprint density at radius 3 is 2.39 bits per heavy atom. The van der Waals surface area contributed by atoms with Crippen molar-refractivity contribution in [2.24, 2.45) is 0 Å². The fourth-order valence-corrected chi connectivity index (χ4v) is 2.64. The average molecular weight is 251 g/mol.